The molecule has 1 aliphatic carbocycles. The van der Waals surface area contributed by atoms with Crippen LogP contribution >= 0.6 is 0 Å². The van der Waals surface area contributed by atoms with Crippen molar-refractivity contribution in [2.24, 2.45) is 5.92 Å². The van der Waals surface area contributed by atoms with Crippen LogP contribution in [0, 0.1) is 19.8 Å². The van der Waals surface area contributed by atoms with Gasteiger partial charge in [0.1, 0.15) is 5.82 Å². The third kappa shape index (κ3) is 2.72. The highest BCUT2D eigenvalue weighted by Gasteiger charge is 2.29. The topological polar surface area (TPSA) is 75.1 Å². The van der Waals surface area contributed by atoms with Gasteiger partial charge in [0.05, 0.1) is 23.5 Å². The first kappa shape index (κ1) is 11.8. The van der Waals surface area contributed by atoms with Crippen LogP contribution in [0.4, 0.5) is 5.82 Å². The monoisotopic (exact) mass is 235 g/mol. The van der Waals surface area contributed by atoms with Crippen molar-refractivity contribution in [3.05, 3.63) is 17.6 Å². The molecule has 1 aliphatic rings. The number of rotatable bonds is 3. The van der Waals surface area contributed by atoms with E-state index >= 15 is 0 Å². The Bertz CT molecular complexity index is 434. The molecule has 0 aliphatic heterocycles. The molecule has 17 heavy (non-hydrogen) atoms. The quantitative estimate of drug-likeness (QED) is 0.835. The number of aliphatic carboxylic acids is 1. The Hall–Kier alpha value is -1.65. The fourth-order valence-corrected chi connectivity index (χ4v) is 2.16. The van der Waals surface area contributed by atoms with Gasteiger partial charge in [-0.2, -0.15) is 0 Å². The summed E-state index contributed by atoms with van der Waals surface area (Å²) >= 11 is 0. The lowest BCUT2D eigenvalue weighted by Crippen LogP contribution is -2.19. The van der Waals surface area contributed by atoms with E-state index in [1.54, 1.807) is 6.20 Å². The van der Waals surface area contributed by atoms with Crippen LogP contribution in [0.1, 0.15) is 30.7 Å². The van der Waals surface area contributed by atoms with Crippen LogP contribution < -0.4 is 5.32 Å². The van der Waals surface area contributed by atoms with Crippen LogP contribution in [0.15, 0.2) is 6.20 Å². The average molecular weight is 235 g/mol. The van der Waals surface area contributed by atoms with Crippen LogP contribution in [-0.4, -0.2) is 27.1 Å². The van der Waals surface area contributed by atoms with Crippen molar-refractivity contribution in [2.45, 2.75) is 39.2 Å². The molecule has 1 saturated carbocycles. The normalized spacial score (nSPS) is 23.6. The first-order valence-electron chi connectivity index (χ1n) is 5.86. The fourth-order valence-electron chi connectivity index (χ4n) is 2.16. The summed E-state index contributed by atoms with van der Waals surface area (Å²) in [5.41, 5.74) is 1.83. The number of carbonyl (C=O) groups is 1. The molecule has 1 heterocycles. The second kappa shape index (κ2) is 4.69. The Morgan fingerprint density at radius 1 is 1.41 bits per heavy atom. The molecule has 2 rings (SSSR count). The second-order valence-corrected chi connectivity index (χ2v) is 4.62. The zero-order valence-electron chi connectivity index (χ0n) is 10.1. The lowest BCUT2D eigenvalue weighted by Gasteiger charge is -2.13. The summed E-state index contributed by atoms with van der Waals surface area (Å²) in [4.78, 5) is 19.5. The minimum Gasteiger partial charge on any atom is -0.481 e. The number of anilines is 1. The summed E-state index contributed by atoms with van der Waals surface area (Å²) in [5, 5.41) is 12.2. The second-order valence-electron chi connectivity index (χ2n) is 4.62. The SMILES string of the molecule is Cc1ncc(N[C@H]2CC[C@@H](C(=O)O)C2)nc1C. The van der Waals surface area contributed by atoms with Gasteiger partial charge in [0, 0.05) is 6.04 Å². The molecular formula is C12H17N3O2. The zero-order chi connectivity index (χ0) is 12.4. The molecule has 0 unspecified atom stereocenters. The van der Waals surface area contributed by atoms with E-state index in [0.29, 0.717) is 6.42 Å². The molecular weight excluding hydrogens is 218 g/mol. The molecule has 1 aromatic rings. The maximum atomic E-state index is 10.8. The number of aryl methyl sites for hydroxylation is 2. The van der Waals surface area contributed by atoms with E-state index in [1.165, 1.54) is 0 Å². The summed E-state index contributed by atoms with van der Waals surface area (Å²) in [6.07, 6.45) is 4.00. The van der Waals surface area contributed by atoms with Crippen molar-refractivity contribution in [3.8, 4) is 0 Å². The molecule has 0 aromatic carbocycles. The molecule has 2 atom stereocenters. The molecule has 0 saturated heterocycles. The van der Waals surface area contributed by atoms with Crippen LogP contribution in [-0.2, 0) is 4.79 Å². The molecule has 2 N–H and O–H groups in total. The van der Waals surface area contributed by atoms with Gasteiger partial charge < -0.3 is 10.4 Å². The van der Waals surface area contributed by atoms with Gasteiger partial charge in [-0.25, -0.2) is 4.98 Å². The summed E-state index contributed by atoms with van der Waals surface area (Å²) in [6.45, 7) is 3.84. The minimum atomic E-state index is -0.694. The number of nitrogens with one attached hydrogen (secondary N) is 1. The predicted molar refractivity (Wildman–Crippen MR) is 63.9 cm³/mol. The molecule has 1 aromatic heterocycles. The molecule has 92 valence electrons. The van der Waals surface area contributed by atoms with E-state index < -0.39 is 5.97 Å². The molecule has 1 fully saturated rings. The van der Waals surface area contributed by atoms with Gasteiger partial charge in [-0.05, 0) is 33.1 Å². The molecule has 0 bridgehead atoms. The van der Waals surface area contributed by atoms with Crippen molar-refractivity contribution < 1.29 is 9.90 Å². The maximum absolute atomic E-state index is 10.8. The number of carboxylic acid groups (broad SMARTS) is 1. The Balaban J connectivity index is 1.98. The van der Waals surface area contributed by atoms with E-state index in [0.717, 1.165) is 30.0 Å². The van der Waals surface area contributed by atoms with Crippen molar-refractivity contribution in [2.75, 3.05) is 5.32 Å². The van der Waals surface area contributed by atoms with E-state index in [2.05, 4.69) is 15.3 Å². The number of hydrogen-bond acceptors (Lipinski definition) is 4. The van der Waals surface area contributed by atoms with Gasteiger partial charge in [-0.15, -0.1) is 0 Å². The van der Waals surface area contributed by atoms with Crippen molar-refractivity contribution in [3.63, 3.8) is 0 Å². The fraction of sp³-hybridized carbons (Fsp3) is 0.583. The molecule has 5 nitrogen and oxygen atoms in total. The van der Waals surface area contributed by atoms with Crippen molar-refractivity contribution in [1.82, 2.24) is 9.97 Å². The van der Waals surface area contributed by atoms with Gasteiger partial charge in [0.2, 0.25) is 0 Å². The Kier molecular flexibility index (Phi) is 3.26. The molecule has 5 heteroatoms. The minimum absolute atomic E-state index is 0.201. The number of carboxylic acids is 1. The molecule has 0 radical (unpaired) electrons. The third-order valence-corrected chi connectivity index (χ3v) is 3.33. The smallest absolute Gasteiger partial charge is 0.306 e. The van der Waals surface area contributed by atoms with Gasteiger partial charge >= 0.3 is 5.97 Å². The standard InChI is InChI=1S/C12H17N3O2/c1-7-8(2)14-11(6-13-7)15-10-4-3-9(5-10)12(16)17/h6,9-10H,3-5H2,1-2H3,(H,14,15)(H,16,17)/t9-,10+/m1/s1. The zero-order valence-corrected chi connectivity index (χ0v) is 10.1. The van der Waals surface area contributed by atoms with Crippen molar-refractivity contribution in [1.29, 1.82) is 0 Å². The van der Waals surface area contributed by atoms with Gasteiger partial charge in [-0.1, -0.05) is 0 Å². The highest BCUT2D eigenvalue weighted by atomic mass is 16.4. The van der Waals surface area contributed by atoms with E-state index in [1.807, 2.05) is 13.8 Å². The van der Waals surface area contributed by atoms with Gasteiger partial charge in [0.15, 0.2) is 0 Å². The number of aromatic nitrogens is 2. The Morgan fingerprint density at radius 2 is 2.18 bits per heavy atom. The average Bonchev–Trinajstić information content (AvgIpc) is 2.72. The first-order chi connectivity index (χ1) is 8.06. The van der Waals surface area contributed by atoms with Gasteiger partial charge in [-0.3, -0.25) is 9.78 Å². The van der Waals surface area contributed by atoms with Crippen LogP contribution in [0.2, 0.25) is 0 Å². The Morgan fingerprint density at radius 3 is 2.76 bits per heavy atom. The Labute approximate surface area is 100 Å². The van der Waals surface area contributed by atoms with Crippen molar-refractivity contribution >= 4 is 11.8 Å². The lowest BCUT2D eigenvalue weighted by molar-refractivity contribution is -0.141. The third-order valence-electron chi connectivity index (χ3n) is 3.33. The predicted octanol–water partition coefficient (Wildman–Crippen LogP) is 1.76. The highest BCUT2D eigenvalue weighted by Crippen LogP contribution is 2.27. The summed E-state index contributed by atoms with van der Waals surface area (Å²) in [6, 6.07) is 0.201. The summed E-state index contributed by atoms with van der Waals surface area (Å²) < 4.78 is 0. The van der Waals surface area contributed by atoms with Crippen LogP contribution in [0.25, 0.3) is 0 Å². The van der Waals surface area contributed by atoms with Crippen LogP contribution in [0.3, 0.4) is 0 Å². The molecule has 0 amide bonds. The number of hydrogen-bond donors (Lipinski definition) is 2. The summed E-state index contributed by atoms with van der Waals surface area (Å²) in [5.74, 6) is -0.170. The summed E-state index contributed by atoms with van der Waals surface area (Å²) in [7, 11) is 0. The largest absolute Gasteiger partial charge is 0.481 e. The van der Waals surface area contributed by atoms with Gasteiger partial charge in [0.25, 0.3) is 0 Å². The lowest BCUT2D eigenvalue weighted by atomic mass is 10.1. The maximum Gasteiger partial charge on any atom is 0.306 e. The van der Waals surface area contributed by atoms with E-state index in [4.69, 9.17) is 5.11 Å². The first-order valence-corrected chi connectivity index (χ1v) is 5.86. The van der Waals surface area contributed by atoms with E-state index in [9.17, 15) is 4.79 Å². The van der Waals surface area contributed by atoms with Crippen LogP contribution in [0.5, 0.6) is 0 Å². The molecule has 0 spiro atoms. The highest BCUT2D eigenvalue weighted by molar-refractivity contribution is 5.70. The number of nitrogens with zero attached hydrogens (tertiary/aromatic N) is 2. The van der Waals surface area contributed by atoms with E-state index in [-0.39, 0.29) is 12.0 Å².